The third-order valence-electron chi connectivity index (χ3n) is 7.51. The zero-order chi connectivity index (χ0) is 25.5. The number of aromatic amines is 1. The number of aromatic nitrogens is 4. The molecule has 2 fully saturated rings. The second kappa shape index (κ2) is 9.30. The predicted octanol–water partition coefficient (Wildman–Crippen LogP) is 0.920. The molecule has 192 valence electrons. The van der Waals surface area contributed by atoms with E-state index in [0.717, 1.165) is 11.0 Å². The van der Waals surface area contributed by atoms with Crippen LogP contribution in [-0.4, -0.2) is 79.6 Å². The number of imidazole rings is 1. The lowest BCUT2D eigenvalue weighted by Gasteiger charge is -2.51. The van der Waals surface area contributed by atoms with Crippen LogP contribution in [0.5, 0.6) is 0 Å². The summed E-state index contributed by atoms with van der Waals surface area (Å²) in [5, 5.41) is 11.0. The maximum atomic E-state index is 13.3. The number of piperidine rings is 1. The van der Waals surface area contributed by atoms with Crippen LogP contribution in [0.25, 0.3) is 11.0 Å². The van der Waals surface area contributed by atoms with Crippen molar-refractivity contribution in [3.05, 3.63) is 63.2 Å². The van der Waals surface area contributed by atoms with Crippen LogP contribution in [0.3, 0.4) is 0 Å². The normalized spacial score (nSPS) is 23.9. The highest BCUT2D eigenvalue weighted by Crippen LogP contribution is 2.43. The van der Waals surface area contributed by atoms with E-state index in [2.05, 4.69) is 9.97 Å². The van der Waals surface area contributed by atoms with Gasteiger partial charge in [0.05, 0.1) is 42.2 Å². The molecule has 2 aliphatic heterocycles. The zero-order valence-corrected chi connectivity index (χ0v) is 20.5. The molecule has 0 radical (unpaired) electrons. The molecule has 11 nitrogen and oxygen atoms in total. The van der Waals surface area contributed by atoms with Crippen molar-refractivity contribution >= 4 is 16.9 Å². The lowest BCUT2D eigenvalue weighted by molar-refractivity contribution is -0.199. The molecule has 0 bridgehead atoms. The number of carbonyl (C=O) groups excluding carboxylic acids is 1. The van der Waals surface area contributed by atoms with E-state index in [0.29, 0.717) is 51.1 Å². The van der Waals surface area contributed by atoms with Crippen molar-refractivity contribution in [2.45, 2.75) is 50.0 Å². The number of fused-ring (bicyclic) bond motifs is 1. The van der Waals surface area contributed by atoms with Gasteiger partial charge < -0.3 is 24.0 Å². The monoisotopic (exact) mass is 497 g/mol. The smallest absolute Gasteiger partial charge is 0.328 e. The Morgan fingerprint density at radius 3 is 2.78 bits per heavy atom. The molecule has 36 heavy (non-hydrogen) atoms. The molecular formula is C25H31N5O6. The first-order valence-electron chi connectivity index (χ1n) is 12.1. The Balaban J connectivity index is 1.29. The molecule has 1 spiro atoms. The zero-order valence-electron chi connectivity index (χ0n) is 20.5. The fraction of sp³-hybridized carbons (Fsp3) is 0.520. The largest absolute Gasteiger partial charge is 0.386 e. The number of hydrogen-bond donors (Lipinski definition) is 2. The average Bonchev–Trinajstić information content (AvgIpc) is 3.27. The number of nitrogens with zero attached hydrogens (tertiary/aromatic N) is 4. The van der Waals surface area contributed by atoms with E-state index in [-0.39, 0.29) is 12.5 Å². The number of nitrogens with one attached hydrogen (secondary N) is 1. The summed E-state index contributed by atoms with van der Waals surface area (Å²) in [5.41, 5.74) is -0.585. The minimum atomic E-state index is -1.28. The standard InChI is InChI=1S/C25H31N5O6/c1-24(34)15-36-25(14-20(24)30-8-5-21(31)27-23(30)33)6-9-28(10-7-25)22(32)17-3-4-19-18(13-17)26-16-29(19)11-12-35-2/h3-5,8,13,16,20,34H,6-7,9-12,14-15H2,1-2H3,(H,27,31,33)/t20-,24-/m0/s1. The molecule has 2 saturated heterocycles. The number of aliphatic hydroxyl groups is 1. The first-order chi connectivity index (χ1) is 17.2. The van der Waals surface area contributed by atoms with Gasteiger partial charge in [0.1, 0.15) is 5.60 Å². The van der Waals surface area contributed by atoms with Gasteiger partial charge in [0.2, 0.25) is 0 Å². The minimum absolute atomic E-state index is 0.0551. The van der Waals surface area contributed by atoms with Crippen LogP contribution in [0.1, 0.15) is 42.6 Å². The maximum absolute atomic E-state index is 13.3. The molecular weight excluding hydrogens is 466 g/mol. The van der Waals surface area contributed by atoms with Crippen molar-refractivity contribution in [2.75, 3.05) is 33.4 Å². The van der Waals surface area contributed by atoms with Gasteiger partial charge in [-0.1, -0.05) is 0 Å². The van der Waals surface area contributed by atoms with Crippen molar-refractivity contribution in [1.82, 2.24) is 24.0 Å². The highest BCUT2D eigenvalue weighted by Gasteiger charge is 2.49. The lowest BCUT2D eigenvalue weighted by atomic mass is 9.77. The SMILES string of the molecule is COCCn1cnc2cc(C(=O)N3CCC4(CC3)C[C@H](n3ccc(=O)[nH]c3=O)[C@@](C)(O)CO4)ccc21. The van der Waals surface area contributed by atoms with Gasteiger partial charge in [-0.25, -0.2) is 9.78 Å². The van der Waals surface area contributed by atoms with Crippen LogP contribution in [-0.2, 0) is 16.0 Å². The predicted molar refractivity (Wildman–Crippen MR) is 131 cm³/mol. The Labute approximate surface area is 207 Å². The number of methoxy groups -OCH3 is 1. The molecule has 11 heteroatoms. The summed E-state index contributed by atoms with van der Waals surface area (Å²) >= 11 is 0. The van der Waals surface area contributed by atoms with Gasteiger partial charge in [-0.3, -0.25) is 19.1 Å². The first kappa shape index (κ1) is 24.4. The van der Waals surface area contributed by atoms with Gasteiger partial charge in [0.15, 0.2) is 0 Å². The summed E-state index contributed by atoms with van der Waals surface area (Å²) in [7, 11) is 1.66. The van der Waals surface area contributed by atoms with Crippen LogP contribution in [0.2, 0.25) is 0 Å². The molecule has 1 amide bonds. The van der Waals surface area contributed by atoms with Gasteiger partial charge in [-0.05, 0) is 38.0 Å². The van der Waals surface area contributed by atoms with Gasteiger partial charge in [0.25, 0.3) is 11.5 Å². The molecule has 4 heterocycles. The molecule has 1 aromatic carbocycles. The maximum Gasteiger partial charge on any atom is 0.328 e. The van der Waals surface area contributed by atoms with E-state index in [9.17, 15) is 19.5 Å². The molecule has 2 aromatic heterocycles. The Kier molecular flexibility index (Phi) is 6.31. The summed E-state index contributed by atoms with van der Waals surface area (Å²) in [6.07, 6.45) is 4.74. The van der Waals surface area contributed by atoms with E-state index in [1.807, 2.05) is 27.7 Å². The van der Waals surface area contributed by atoms with E-state index >= 15 is 0 Å². The molecule has 0 saturated carbocycles. The number of H-pyrrole nitrogens is 1. The summed E-state index contributed by atoms with van der Waals surface area (Å²) in [6.45, 7) is 3.94. The second-order valence-corrected chi connectivity index (χ2v) is 9.99. The third-order valence-corrected chi connectivity index (χ3v) is 7.51. The van der Waals surface area contributed by atoms with E-state index < -0.39 is 28.5 Å². The number of rotatable bonds is 5. The first-order valence-corrected chi connectivity index (χ1v) is 12.1. The van der Waals surface area contributed by atoms with E-state index in [1.54, 1.807) is 20.4 Å². The second-order valence-electron chi connectivity index (χ2n) is 9.99. The Bertz CT molecular complexity index is 1380. The minimum Gasteiger partial charge on any atom is -0.386 e. The molecule has 5 rings (SSSR count). The van der Waals surface area contributed by atoms with Crippen LogP contribution in [0.15, 0.2) is 46.4 Å². The van der Waals surface area contributed by atoms with Crippen LogP contribution in [0, 0.1) is 0 Å². The van der Waals surface area contributed by atoms with Gasteiger partial charge in [-0.2, -0.15) is 0 Å². The molecule has 2 N–H and O–H groups in total. The summed E-state index contributed by atoms with van der Waals surface area (Å²) in [6, 6.07) is 6.27. The molecule has 2 aliphatic rings. The lowest BCUT2D eigenvalue weighted by Crippen LogP contribution is -2.58. The van der Waals surface area contributed by atoms with E-state index in [1.165, 1.54) is 16.8 Å². The fourth-order valence-corrected chi connectivity index (χ4v) is 5.31. The Morgan fingerprint density at radius 2 is 2.06 bits per heavy atom. The van der Waals surface area contributed by atoms with Crippen molar-refractivity contribution < 1.29 is 19.4 Å². The molecule has 3 aromatic rings. The Hall–Kier alpha value is -3.28. The molecule has 2 atom stereocenters. The average molecular weight is 498 g/mol. The van der Waals surface area contributed by atoms with Crippen molar-refractivity contribution in [1.29, 1.82) is 0 Å². The number of likely N-dealkylation sites (tertiary alicyclic amines) is 1. The fourth-order valence-electron chi connectivity index (χ4n) is 5.31. The number of amides is 1. The number of carbonyl (C=O) groups is 1. The topological polar surface area (TPSA) is 132 Å². The summed E-state index contributed by atoms with van der Waals surface area (Å²) in [4.78, 5) is 45.7. The number of hydrogen-bond acceptors (Lipinski definition) is 7. The number of benzene rings is 1. The van der Waals surface area contributed by atoms with Crippen molar-refractivity contribution in [2.24, 2.45) is 0 Å². The third kappa shape index (κ3) is 4.49. The summed E-state index contributed by atoms with van der Waals surface area (Å²) < 4.78 is 14.7. The van der Waals surface area contributed by atoms with Crippen molar-refractivity contribution in [3.8, 4) is 0 Å². The molecule has 0 aliphatic carbocycles. The van der Waals surface area contributed by atoms with Crippen LogP contribution >= 0.6 is 0 Å². The van der Waals surface area contributed by atoms with Gasteiger partial charge in [0, 0.05) is 51.0 Å². The summed E-state index contributed by atoms with van der Waals surface area (Å²) in [5.74, 6) is -0.0607. The highest BCUT2D eigenvalue weighted by molar-refractivity contribution is 5.97. The Morgan fingerprint density at radius 1 is 1.28 bits per heavy atom. The quantitative estimate of drug-likeness (QED) is 0.536. The van der Waals surface area contributed by atoms with Gasteiger partial charge >= 0.3 is 5.69 Å². The highest BCUT2D eigenvalue weighted by atomic mass is 16.5. The van der Waals surface area contributed by atoms with Crippen molar-refractivity contribution in [3.63, 3.8) is 0 Å². The van der Waals surface area contributed by atoms with Gasteiger partial charge in [-0.15, -0.1) is 0 Å². The van der Waals surface area contributed by atoms with Crippen LogP contribution < -0.4 is 11.2 Å². The number of ether oxygens (including phenoxy) is 2. The van der Waals surface area contributed by atoms with Crippen LogP contribution in [0.4, 0.5) is 0 Å². The molecule has 0 unspecified atom stereocenters. The van der Waals surface area contributed by atoms with E-state index in [4.69, 9.17) is 9.47 Å².